The van der Waals surface area contributed by atoms with Gasteiger partial charge in [-0.3, -0.25) is 0 Å². The Hall–Kier alpha value is -1.59. The van der Waals surface area contributed by atoms with Gasteiger partial charge < -0.3 is 14.9 Å². The third-order valence-electron chi connectivity index (χ3n) is 4.91. The van der Waals surface area contributed by atoms with E-state index in [9.17, 15) is 4.79 Å². The Morgan fingerprint density at radius 1 is 1.16 bits per heavy atom. The van der Waals surface area contributed by atoms with Crippen LogP contribution in [0.2, 0.25) is 0 Å². The van der Waals surface area contributed by atoms with Crippen LogP contribution >= 0.6 is 0 Å². The van der Waals surface area contributed by atoms with E-state index in [1.54, 1.807) is 0 Å². The quantitative estimate of drug-likeness (QED) is 0.818. The zero-order chi connectivity index (χ0) is 13.0. The lowest BCUT2D eigenvalue weighted by molar-refractivity contribution is -0.132. The predicted octanol–water partition coefficient (Wildman–Crippen LogP) is 1.78. The first-order chi connectivity index (χ1) is 9.12. The molecule has 6 nitrogen and oxygen atoms in total. The van der Waals surface area contributed by atoms with E-state index in [0.29, 0.717) is 0 Å². The zero-order valence-corrected chi connectivity index (χ0v) is 10.7. The molecule has 0 spiro atoms. The molecule has 4 bridgehead atoms. The molecule has 4 saturated carbocycles. The van der Waals surface area contributed by atoms with Crippen LogP contribution in [0, 0.1) is 17.8 Å². The Bertz CT molecular complexity index is 490. The first-order valence-corrected chi connectivity index (χ1v) is 6.94. The van der Waals surface area contributed by atoms with Crippen LogP contribution in [0.1, 0.15) is 49.2 Å². The molecule has 1 aromatic rings. The molecule has 0 amide bonds. The van der Waals surface area contributed by atoms with Crippen LogP contribution in [0.15, 0.2) is 4.42 Å². The highest BCUT2D eigenvalue weighted by atomic mass is 16.6. The highest BCUT2D eigenvalue weighted by molar-refractivity contribution is 5.84. The number of nitrogens with zero attached hydrogens (tertiary/aromatic N) is 2. The highest BCUT2D eigenvalue weighted by Crippen LogP contribution is 2.57. The van der Waals surface area contributed by atoms with Gasteiger partial charge in [-0.25, -0.2) is 4.79 Å². The van der Waals surface area contributed by atoms with E-state index in [0.717, 1.165) is 37.0 Å². The van der Waals surface area contributed by atoms with E-state index in [4.69, 9.17) is 14.9 Å². The van der Waals surface area contributed by atoms with E-state index >= 15 is 0 Å². The Morgan fingerprint density at radius 2 is 1.74 bits per heavy atom. The smallest absolute Gasteiger partial charge is 0.396 e. The molecule has 4 aliphatic rings. The third kappa shape index (κ3) is 1.81. The molecule has 1 aromatic heterocycles. The number of hydrogen-bond acceptors (Lipinski definition) is 6. The third-order valence-corrected chi connectivity index (χ3v) is 4.91. The summed E-state index contributed by atoms with van der Waals surface area (Å²) in [5.41, 5.74) is 5.05. The van der Waals surface area contributed by atoms with Gasteiger partial charge in [-0.15, -0.1) is 0 Å². The van der Waals surface area contributed by atoms with E-state index in [2.05, 4.69) is 10.2 Å². The molecule has 0 aliphatic heterocycles. The molecule has 0 radical (unpaired) electrons. The minimum atomic E-state index is -0.522. The molecule has 0 atom stereocenters. The normalized spacial score (nSPS) is 39.5. The van der Waals surface area contributed by atoms with Crippen molar-refractivity contribution < 1.29 is 13.9 Å². The fourth-order valence-corrected chi connectivity index (χ4v) is 4.71. The standard InChI is InChI=1S/C13H17N3O3/c14-12-16-15-10(18-12)11(17)19-13-4-7-1-8(5-13)3-9(2-7)6-13/h7-9H,1-6H2,(H2,14,16). The predicted molar refractivity (Wildman–Crippen MR) is 65.0 cm³/mol. The SMILES string of the molecule is Nc1nnc(C(=O)OC23CC4CC(CC(C4)C2)C3)o1. The van der Waals surface area contributed by atoms with E-state index in [1.807, 2.05) is 0 Å². The fourth-order valence-electron chi connectivity index (χ4n) is 4.71. The zero-order valence-electron chi connectivity index (χ0n) is 10.7. The van der Waals surface area contributed by atoms with Gasteiger partial charge in [0.25, 0.3) is 0 Å². The number of anilines is 1. The summed E-state index contributed by atoms with van der Waals surface area (Å²) in [5, 5.41) is 7.09. The molecule has 4 fully saturated rings. The number of carbonyl (C=O) groups is 1. The lowest BCUT2D eigenvalue weighted by Gasteiger charge is -2.55. The molecular formula is C13H17N3O3. The molecule has 1 heterocycles. The van der Waals surface area contributed by atoms with Crippen LogP contribution < -0.4 is 5.73 Å². The van der Waals surface area contributed by atoms with Gasteiger partial charge in [-0.1, -0.05) is 10.2 Å². The van der Waals surface area contributed by atoms with Gasteiger partial charge >= 0.3 is 17.9 Å². The van der Waals surface area contributed by atoms with Crippen molar-refractivity contribution in [3.63, 3.8) is 0 Å². The van der Waals surface area contributed by atoms with Crippen LogP contribution in [0.25, 0.3) is 0 Å². The van der Waals surface area contributed by atoms with Crippen molar-refractivity contribution in [3.8, 4) is 0 Å². The average molecular weight is 263 g/mol. The molecule has 5 rings (SSSR count). The topological polar surface area (TPSA) is 91.2 Å². The summed E-state index contributed by atoms with van der Waals surface area (Å²) in [6.07, 6.45) is 6.91. The van der Waals surface area contributed by atoms with Gasteiger partial charge in [0.05, 0.1) is 0 Å². The number of esters is 1. The number of ether oxygens (including phenoxy) is 1. The van der Waals surface area contributed by atoms with Crippen molar-refractivity contribution in [1.82, 2.24) is 10.2 Å². The Kier molecular flexibility index (Phi) is 2.20. The van der Waals surface area contributed by atoms with Crippen molar-refractivity contribution in [3.05, 3.63) is 5.89 Å². The molecular weight excluding hydrogens is 246 g/mol. The van der Waals surface area contributed by atoms with Crippen LogP contribution in [-0.4, -0.2) is 21.8 Å². The van der Waals surface area contributed by atoms with Gasteiger partial charge in [-0.05, 0) is 56.3 Å². The van der Waals surface area contributed by atoms with Gasteiger partial charge in [0.15, 0.2) is 0 Å². The minimum absolute atomic E-state index is 0.0996. The minimum Gasteiger partial charge on any atom is -0.452 e. The summed E-state index contributed by atoms with van der Waals surface area (Å²) in [6.45, 7) is 0. The summed E-state index contributed by atoms with van der Waals surface area (Å²) in [4.78, 5) is 12.1. The second-order valence-electron chi connectivity index (χ2n) is 6.44. The number of nitrogens with two attached hydrogens (primary N) is 1. The van der Waals surface area contributed by atoms with Gasteiger partial charge in [0.1, 0.15) is 5.60 Å². The molecule has 19 heavy (non-hydrogen) atoms. The molecule has 4 aliphatic carbocycles. The summed E-state index contributed by atoms with van der Waals surface area (Å²) < 4.78 is 10.7. The summed E-state index contributed by atoms with van der Waals surface area (Å²) in [6, 6.07) is -0.0996. The largest absolute Gasteiger partial charge is 0.452 e. The van der Waals surface area contributed by atoms with Crippen molar-refractivity contribution in [2.75, 3.05) is 5.73 Å². The van der Waals surface area contributed by atoms with Crippen LogP contribution in [0.4, 0.5) is 6.01 Å². The molecule has 0 aromatic carbocycles. The second kappa shape index (κ2) is 3.71. The summed E-state index contributed by atoms with van der Waals surface area (Å²) in [7, 11) is 0. The van der Waals surface area contributed by atoms with Gasteiger partial charge in [-0.2, -0.15) is 0 Å². The molecule has 0 saturated heterocycles. The molecule has 0 unspecified atom stereocenters. The number of hydrogen-bond donors (Lipinski definition) is 1. The van der Waals surface area contributed by atoms with E-state index in [1.165, 1.54) is 19.3 Å². The van der Waals surface area contributed by atoms with Gasteiger partial charge in [0, 0.05) is 0 Å². The number of rotatable bonds is 2. The van der Waals surface area contributed by atoms with Crippen molar-refractivity contribution in [1.29, 1.82) is 0 Å². The summed E-state index contributed by atoms with van der Waals surface area (Å²) in [5.74, 6) is 1.53. The van der Waals surface area contributed by atoms with Crippen LogP contribution in [0.5, 0.6) is 0 Å². The highest BCUT2D eigenvalue weighted by Gasteiger charge is 2.53. The molecule has 102 valence electrons. The fraction of sp³-hybridized carbons (Fsp3) is 0.769. The second-order valence-corrected chi connectivity index (χ2v) is 6.44. The lowest BCUT2D eigenvalue weighted by Crippen LogP contribution is -2.52. The molecule has 6 heteroatoms. The first-order valence-electron chi connectivity index (χ1n) is 6.94. The monoisotopic (exact) mass is 263 g/mol. The Labute approximate surface area is 110 Å². The van der Waals surface area contributed by atoms with Gasteiger partial charge in [0.2, 0.25) is 0 Å². The lowest BCUT2D eigenvalue weighted by atomic mass is 9.54. The number of aromatic nitrogens is 2. The van der Waals surface area contributed by atoms with E-state index < -0.39 is 5.97 Å². The maximum atomic E-state index is 12.1. The van der Waals surface area contributed by atoms with E-state index in [-0.39, 0.29) is 17.5 Å². The number of nitrogen functional groups attached to an aromatic ring is 1. The molecule has 2 N–H and O–H groups in total. The van der Waals surface area contributed by atoms with Crippen LogP contribution in [-0.2, 0) is 4.74 Å². The van der Waals surface area contributed by atoms with Crippen molar-refractivity contribution in [2.24, 2.45) is 17.8 Å². The van der Waals surface area contributed by atoms with Crippen molar-refractivity contribution in [2.45, 2.75) is 44.1 Å². The first kappa shape index (κ1) is 11.3. The average Bonchev–Trinajstić information content (AvgIpc) is 2.73. The Balaban J connectivity index is 1.54. The van der Waals surface area contributed by atoms with Crippen LogP contribution in [0.3, 0.4) is 0 Å². The van der Waals surface area contributed by atoms with Crippen molar-refractivity contribution >= 4 is 12.0 Å². The Morgan fingerprint density at radius 3 is 2.21 bits per heavy atom. The maximum Gasteiger partial charge on any atom is 0.396 e. The summed E-state index contributed by atoms with van der Waals surface area (Å²) >= 11 is 0. The number of carbonyl (C=O) groups excluding carboxylic acids is 1. The maximum absolute atomic E-state index is 12.1.